The minimum absolute atomic E-state index is 0.166. The summed E-state index contributed by atoms with van der Waals surface area (Å²) < 4.78 is 10.7. The SMILES string of the molecule is O=C(NCCCc1ccccc1)c1cnc(NCc2ccc3c(c2)OCO3)nc1. The van der Waals surface area contributed by atoms with Gasteiger partial charge in [0.15, 0.2) is 11.5 Å². The third-order valence-corrected chi connectivity index (χ3v) is 4.57. The number of hydrogen-bond donors (Lipinski definition) is 2. The Labute approximate surface area is 169 Å². The minimum Gasteiger partial charge on any atom is -0.454 e. The lowest BCUT2D eigenvalue weighted by molar-refractivity contribution is 0.0952. The van der Waals surface area contributed by atoms with E-state index in [9.17, 15) is 4.79 Å². The number of aromatic nitrogens is 2. The Morgan fingerprint density at radius 1 is 0.966 bits per heavy atom. The van der Waals surface area contributed by atoms with Crippen molar-refractivity contribution in [3.8, 4) is 11.5 Å². The Hall–Kier alpha value is -3.61. The van der Waals surface area contributed by atoms with E-state index in [1.165, 1.54) is 18.0 Å². The van der Waals surface area contributed by atoms with Crippen molar-refractivity contribution in [3.63, 3.8) is 0 Å². The molecular weight excluding hydrogens is 368 g/mol. The molecule has 0 saturated heterocycles. The number of nitrogens with zero attached hydrogens (tertiary/aromatic N) is 2. The van der Waals surface area contributed by atoms with Gasteiger partial charge in [0.05, 0.1) is 5.56 Å². The van der Waals surface area contributed by atoms with E-state index in [0.29, 0.717) is 24.6 Å². The number of carbonyl (C=O) groups excluding carboxylic acids is 1. The highest BCUT2D eigenvalue weighted by Gasteiger charge is 2.13. The lowest BCUT2D eigenvalue weighted by Crippen LogP contribution is -2.25. The highest BCUT2D eigenvalue weighted by molar-refractivity contribution is 5.93. The molecule has 2 N–H and O–H groups in total. The molecule has 29 heavy (non-hydrogen) atoms. The van der Waals surface area contributed by atoms with Gasteiger partial charge in [-0.25, -0.2) is 9.97 Å². The first-order valence-corrected chi connectivity index (χ1v) is 9.54. The first-order chi connectivity index (χ1) is 14.3. The zero-order chi connectivity index (χ0) is 19.9. The lowest BCUT2D eigenvalue weighted by Gasteiger charge is -2.07. The molecule has 1 aliphatic rings. The van der Waals surface area contributed by atoms with Crippen LogP contribution in [0.2, 0.25) is 0 Å². The second-order valence-corrected chi connectivity index (χ2v) is 6.68. The largest absolute Gasteiger partial charge is 0.454 e. The molecular formula is C22H22N4O3. The molecule has 0 radical (unpaired) electrons. The van der Waals surface area contributed by atoms with E-state index < -0.39 is 0 Å². The van der Waals surface area contributed by atoms with Gasteiger partial charge in [-0.05, 0) is 36.1 Å². The monoisotopic (exact) mass is 390 g/mol. The van der Waals surface area contributed by atoms with Gasteiger partial charge >= 0.3 is 0 Å². The van der Waals surface area contributed by atoms with Crippen molar-refractivity contribution in [1.82, 2.24) is 15.3 Å². The summed E-state index contributed by atoms with van der Waals surface area (Å²) in [6.45, 7) is 1.41. The van der Waals surface area contributed by atoms with Crippen LogP contribution >= 0.6 is 0 Å². The number of hydrogen-bond acceptors (Lipinski definition) is 6. The summed E-state index contributed by atoms with van der Waals surface area (Å²) in [6.07, 6.45) is 4.87. The lowest BCUT2D eigenvalue weighted by atomic mass is 10.1. The summed E-state index contributed by atoms with van der Waals surface area (Å²) in [5.74, 6) is 1.79. The molecule has 7 nitrogen and oxygen atoms in total. The van der Waals surface area contributed by atoms with Gasteiger partial charge in [-0.3, -0.25) is 4.79 Å². The third kappa shape index (κ3) is 5.01. The number of amides is 1. The van der Waals surface area contributed by atoms with Crippen molar-refractivity contribution in [3.05, 3.63) is 77.6 Å². The van der Waals surface area contributed by atoms with Crippen LogP contribution in [0.1, 0.15) is 27.9 Å². The number of anilines is 1. The maximum atomic E-state index is 12.2. The van der Waals surface area contributed by atoms with Gasteiger partial charge in [-0.1, -0.05) is 36.4 Å². The van der Waals surface area contributed by atoms with E-state index in [0.717, 1.165) is 29.9 Å². The van der Waals surface area contributed by atoms with Crippen LogP contribution in [0.3, 0.4) is 0 Å². The summed E-state index contributed by atoms with van der Waals surface area (Å²) in [6, 6.07) is 16.0. The first-order valence-electron chi connectivity index (χ1n) is 9.54. The van der Waals surface area contributed by atoms with Crippen LogP contribution in [0.5, 0.6) is 11.5 Å². The third-order valence-electron chi connectivity index (χ3n) is 4.57. The minimum atomic E-state index is -0.166. The highest BCUT2D eigenvalue weighted by Crippen LogP contribution is 2.32. The van der Waals surface area contributed by atoms with Crippen molar-refractivity contribution in [2.75, 3.05) is 18.7 Å². The van der Waals surface area contributed by atoms with Crippen LogP contribution in [-0.4, -0.2) is 29.2 Å². The van der Waals surface area contributed by atoms with Crippen LogP contribution in [-0.2, 0) is 13.0 Å². The van der Waals surface area contributed by atoms with E-state index in [1.807, 2.05) is 36.4 Å². The van der Waals surface area contributed by atoms with Gasteiger partial charge in [0, 0.05) is 25.5 Å². The summed E-state index contributed by atoms with van der Waals surface area (Å²) in [5, 5.41) is 6.04. The fourth-order valence-electron chi connectivity index (χ4n) is 3.01. The Morgan fingerprint density at radius 3 is 2.59 bits per heavy atom. The fourth-order valence-corrected chi connectivity index (χ4v) is 3.01. The quantitative estimate of drug-likeness (QED) is 0.575. The first kappa shape index (κ1) is 18.7. The molecule has 0 saturated carbocycles. The zero-order valence-corrected chi connectivity index (χ0v) is 15.9. The molecule has 0 aliphatic carbocycles. The second kappa shape index (κ2) is 9.05. The van der Waals surface area contributed by atoms with Crippen molar-refractivity contribution >= 4 is 11.9 Å². The molecule has 1 amide bonds. The molecule has 0 unspecified atom stereocenters. The molecule has 7 heteroatoms. The van der Waals surface area contributed by atoms with Crippen LogP contribution in [0.15, 0.2) is 60.9 Å². The van der Waals surface area contributed by atoms with Gasteiger partial charge in [-0.2, -0.15) is 0 Å². The van der Waals surface area contributed by atoms with Crippen molar-refractivity contribution < 1.29 is 14.3 Å². The van der Waals surface area contributed by atoms with Crippen LogP contribution in [0, 0.1) is 0 Å². The summed E-state index contributed by atoms with van der Waals surface area (Å²) in [4.78, 5) is 20.7. The molecule has 1 aliphatic heterocycles. The highest BCUT2D eigenvalue weighted by atomic mass is 16.7. The molecule has 0 fully saturated rings. The number of aryl methyl sites for hydroxylation is 1. The predicted molar refractivity (Wildman–Crippen MR) is 109 cm³/mol. The molecule has 4 rings (SSSR count). The molecule has 148 valence electrons. The zero-order valence-electron chi connectivity index (χ0n) is 15.9. The van der Waals surface area contributed by atoms with Crippen molar-refractivity contribution in [1.29, 1.82) is 0 Å². The molecule has 2 heterocycles. The van der Waals surface area contributed by atoms with Crippen LogP contribution in [0.25, 0.3) is 0 Å². The van der Waals surface area contributed by atoms with Crippen LogP contribution < -0.4 is 20.1 Å². The number of benzene rings is 2. The summed E-state index contributed by atoms with van der Waals surface area (Å²) in [7, 11) is 0. The number of carbonyl (C=O) groups is 1. The molecule has 3 aromatic rings. The Morgan fingerprint density at radius 2 is 1.76 bits per heavy atom. The van der Waals surface area contributed by atoms with E-state index in [1.54, 1.807) is 0 Å². The van der Waals surface area contributed by atoms with Gasteiger partial charge in [0.25, 0.3) is 5.91 Å². The van der Waals surface area contributed by atoms with Gasteiger partial charge < -0.3 is 20.1 Å². The average molecular weight is 390 g/mol. The topological polar surface area (TPSA) is 85.4 Å². The second-order valence-electron chi connectivity index (χ2n) is 6.68. The standard InChI is InChI=1S/C22H22N4O3/c27-21(23-10-4-7-16-5-2-1-3-6-16)18-13-25-22(26-14-18)24-12-17-8-9-19-20(11-17)29-15-28-19/h1-3,5-6,8-9,11,13-14H,4,7,10,12,15H2,(H,23,27)(H,24,25,26). The average Bonchev–Trinajstić information content (AvgIpc) is 3.24. The van der Waals surface area contributed by atoms with Gasteiger partial charge in [0.2, 0.25) is 12.7 Å². The van der Waals surface area contributed by atoms with Gasteiger partial charge in [0.1, 0.15) is 0 Å². The number of rotatable bonds is 8. The Bertz CT molecular complexity index is 962. The summed E-state index contributed by atoms with van der Waals surface area (Å²) >= 11 is 0. The van der Waals surface area contributed by atoms with Gasteiger partial charge in [-0.15, -0.1) is 0 Å². The van der Waals surface area contributed by atoms with Crippen molar-refractivity contribution in [2.45, 2.75) is 19.4 Å². The molecule has 0 bridgehead atoms. The predicted octanol–water partition coefficient (Wildman–Crippen LogP) is 3.18. The van der Waals surface area contributed by atoms with E-state index in [4.69, 9.17) is 9.47 Å². The van der Waals surface area contributed by atoms with E-state index in [2.05, 4.69) is 32.7 Å². The number of ether oxygens (including phenoxy) is 2. The maximum absolute atomic E-state index is 12.2. The van der Waals surface area contributed by atoms with E-state index >= 15 is 0 Å². The summed E-state index contributed by atoms with van der Waals surface area (Å²) in [5.41, 5.74) is 2.74. The smallest absolute Gasteiger partial charge is 0.254 e. The fraction of sp³-hybridized carbons (Fsp3) is 0.227. The molecule has 2 aromatic carbocycles. The van der Waals surface area contributed by atoms with Crippen molar-refractivity contribution in [2.24, 2.45) is 0 Å². The Balaban J connectivity index is 1.22. The maximum Gasteiger partial charge on any atom is 0.254 e. The van der Waals surface area contributed by atoms with Crippen LogP contribution in [0.4, 0.5) is 5.95 Å². The molecule has 0 atom stereocenters. The molecule has 1 aromatic heterocycles. The normalized spacial score (nSPS) is 11.9. The van der Waals surface area contributed by atoms with E-state index in [-0.39, 0.29) is 12.7 Å². The number of nitrogens with one attached hydrogen (secondary N) is 2. The Kier molecular flexibility index (Phi) is 5.85. The number of fused-ring (bicyclic) bond motifs is 1. The molecule has 0 spiro atoms.